The quantitative estimate of drug-likeness (QED) is 0.378. The first kappa shape index (κ1) is 23.8. The second-order valence-electron chi connectivity index (χ2n) is 8.54. The first-order chi connectivity index (χ1) is 15.5. The summed E-state index contributed by atoms with van der Waals surface area (Å²) >= 11 is 0. The van der Waals surface area contributed by atoms with Crippen LogP contribution in [0.3, 0.4) is 0 Å². The third-order valence-electron chi connectivity index (χ3n) is 5.86. The summed E-state index contributed by atoms with van der Waals surface area (Å²) < 4.78 is 6.19. The standard InChI is InChI=1S/C24H37N7O/c1-4-5-9-18-14-23(30-28-15-18)27-16-21(31(3)26)24(25)20-12-13-22(17(2)29-20)32-19-10-7-6-8-11-19/h12-15,19H,4-11,16,25-26H2,1-3H3,(H,27,30)/b24-21-. The number of rotatable bonds is 10. The highest BCUT2D eigenvalue weighted by Crippen LogP contribution is 2.26. The molecule has 5 N–H and O–H groups in total. The fraction of sp³-hybridized carbons (Fsp3) is 0.542. The van der Waals surface area contributed by atoms with Crippen LogP contribution in [0.15, 0.2) is 30.1 Å². The topological polar surface area (TPSA) is 115 Å². The van der Waals surface area contributed by atoms with Crippen molar-refractivity contribution >= 4 is 11.5 Å². The Bertz CT molecular complexity index is 907. The molecule has 0 aliphatic heterocycles. The monoisotopic (exact) mass is 439 g/mol. The molecule has 1 aliphatic rings. The van der Waals surface area contributed by atoms with Gasteiger partial charge in [0, 0.05) is 7.05 Å². The number of likely N-dealkylation sites (N-methyl/N-ethyl adjacent to an activating group) is 1. The number of hydrogen-bond donors (Lipinski definition) is 3. The Hall–Kier alpha value is -2.87. The summed E-state index contributed by atoms with van der Waals surface area (Å²) in [7, 11) is 1.76. The molecule has 0 spiro atoms. The molecular weight excluding hydrogens is 402 g/mol. The molecule has 2 heterocycles. The van der Waals surface area contributed by atoms with Crippen molar-refractivity contribution in [2.75, 3.05) is 18.9 Å². The lowest BCUT2D eigenvalue weighted by Crippen LogP contribution is -2.32. The van der Waals surface area contributed by atoms with E-state index >= 15 is 0 Å². The number of ether oxygens (including phenoxy) is 1. The third-order valence-corrected chi connectivity index (χ3v) is 5.86. The Morgan fingerprint density at radius 2 is 2.03 bits per heavy atom. The number of aromatic nitrogens is 3. The molecule has 1 saturated carbocycles. The van der Waals surface area contributed by atoms with Gasteiger partial charge in [0.1, 0.15) is 11.6 Å². The summed E-state index contributed by atoms with van der Waals surface area (Å²) in [6, 6.07) is 5.88. The van der Waals surface area contributed by atoms with Crippen molar-refractivity contribution in [3.63, 3.8) is 0 Å². The molecule has 8 nitrogen and oxygen atoms in total. The highest BCUT2D eigenvalue weighted by molar-refractivity contribution is 5.64. The minimum atomic E-state index is 0.284. The normalized spacial score (nSPS) is 15.2. The van der Waals surface area contributed by atoms with E-state index < -0.39 is 0 Å². The van der Waals surface area contributed by atoms with Gasteiger partial charge in [-0.2, -0.15) is 5.10 Å². The number of pyridine rings is 1. The maximum absolute atomic E-state index is 6.48. The zero-order chi connectivity index (χ0) is 22.9. The predicted octanol–water partition coefficient (Wildman–Crippen LogP) is 3.78. The van der Waals surface area contributed by atoms with Gasteiger partial charge in [-0.25, -0.2) is 10.8 Å². The van der Waals surface area contributed by atoms with Crippen molar-refractivity contribution < 1.29 is 4.74 Å². The minimum Gasteiger partial charge on any atom is -0.489 e. The highest BCUT2D eigenvalue weighted by atomic mass is 16.5. The number of nitrogens with one attached hydrogen (secondary N) is 1. The molecule has 32 heavy (non-hydrogen) atoms. The van der Waals surface area contributed by atoms with Gasteiger partial charge in [0.15, 0.2) is 0 Å². The van der Waals surface area contributed by atoms with Crippen molar-refractivity contribution in [3.05, 3.63) is 47.0 Å². The zero-order valence-electron chi connectivity index (χ0n) is 19.6. The first-order valence-electron chi connectivity index (χ1n) is 11.6. The maximum Gasteiger partial charge on any atom is 0.149 e. The van der Waals surface area contributed by atoms with Gasteiger partial charge in [-0.3, -0.25) is 0 Å². The van der Waals surface area contributed by atoms with E-state index in [0.717, 1.165) is 54.8 Å². The largest absolute Gasteiger partial charge is 0.489 e. The lowest BCUT2D eigenvalue weighted by atomic mass is 9.98. The van der Waals surface area contributed by atoms with Crippen molar-refractivity contribution in [1.29, 1.82) is 0 Å². The average molecular weight is 440 g/mol. The van der Waals surface area contributed by atoms with Crippen LogP contribution in [0.25, 0.3) is 5.70 Å². The van der Waals surface area contributed by atoms with Gasteiger partial charge in [-0.15, -0.1) is 5.10 Å². The van der Waals surface area contributed by atoms with Gasteiger partial charge >= 0.3 is 0 Å². The highest BCUT2D eigenvalue weighted by Gasteiger charge is 2.17. The Labute approximate surface area is 191 Å². The van der Waals surface area contributed by atoms with Crippen LogP contribution in [0.4, 0.5) is 5.82 Å². The molecule has 1 fully saturated rings. The molecule has 2 aromatic heterocycles. The van der Waals surface area contributed by atoms with Crippen LogP contribution >= 0.6 is 0 Å². The molecule has 1 aliphatic carbocycles. The smallest absolute Gasteiger partial charge is 0.149 e. The summed E-state index contributed by atoms with van der Waals surface area (Å²) in [5.41, 5.74) is 10.4. The SMILES string of the molecule is CCCCc1cnnc(NC/C(=C(/N)c2ccc(OC3CCCCC3)c(C)n2)N(C)N)c1. The van der Waals surface area contributed by atoms with E-state index in [2.05, 4.69) is 22.4 Å². The Morgan fingerprint density at radius 3 is 2.72 bits per heavy atom. The zero-order valence-corrected chi connectivity index (χ0v) is 19.6. The maximum atomic E-state index is 6.48. The predicted molar refractivity (Wildman–Crippen MR) is 129 cm³/mol. The van der Waals surface area contributed by atoms with E-state index in [1.54, 1.807) is 7.05 Å². The Morgan fingerprint density at radius 1 is 1.25 bits per heavy atom. The summed E-state index contributed by atoms with van der Waals surface area (Å²) in [4.78, 5) is 4.70. The third kappa shape index (κ3) is 6.56. The first-order valence-corrected chi connectivity index (χ1v) is 11.6. The van der Waals surface area contributed by atoms with Crippen LogP contribution in [-0.2, 0) is 6.42 Å². The second-order valence-corrected chi connectivity index (χ2v) is 8.54. The molecule has 0 unspecified atom stereocenters. The molecule has 2 aromatic rings. The summed E-state index contributed by atoms with van der Waals surface area (Å²) in [6.07, 6.45) is 11.3. The summed E-state index contributed by atoms with van der Waals surface area (Å²) in [5, 5.41) is 13.1. The molecule has 174 valence electrons. The summed E-state index contributed by atoms with van der Waals surface area (Å²) in [5.74, 6) is 7.62. The van der Waals surface area contributed by atoms with Gasteiger partial charge in [-0.05, 0) is 69.2 Å². The average Bonchev–Trinajstić information content (AvgIpc) is 2.80. The van der Waals surface area contributed by atoms with Crippen LogP contribution in [-0.4, -0.2) is 39.9 Å². The summed E-state index contributed by atoms with van der Waals surface area (Å²) in [6.45, 7) is 4.54. The molecule has 0 amide bonds. The molecule has 3 rings (SSSR count). The van der Waals surface area contributed by atoms with Gasteiger partial charge in [0.2, 0.25) is 0 Å². The minimum absolute atomic E-state index is 0.284. The van der Waals surface area contributed by atoms with E-state index in [1.165, 1.54) is 24.3 Å². The van der Waals surface area contributed by atoms with Crippen LogP contribution in [0.5, 0.6) is 5.75 Å². The number of unbranched alkanes of at least 4 members (excludes halogenated alkanes) is 1. The molecule has 0 atom stereocenters. The number of anilines is 1. The van der Waals surface area contributed by atoms with E-state index in [4.69, 9.17) is 21.3 Å². The van der Waals surface area contributed by atoms with Crippen molar-refractivity contribution in [2.45, 2.75) is 71.3 Å². The lowest BCUT2D eigenvalue weighted by Gasteiger charge is -2.24. The van der Waals surface area contributed by atoms with Gasteiger partial charge < -0.3 is 20.8 Å². The van der Waals surface area contributed by atoms with E-state index in [1.807, 2.05) is 31.3 Å². The number of aryl methyl sites for hydroxylation is 2. The number of nitrogens with two attached hydrogens (primary N) is 2. The van der Waals surface area contributed by atoms with Crippen LogP contribution in [0, 0.1) is 6.92 Å². The van der Waals surface area contributed by atoms with E-state index in [0.29, 0.717) is 23.8 Å². The van der Waals surface area contributed by atoms with Crippen LogP contribution in [0.1, 0.15) is 68.8 Å². The van der Waals surface area contributed by atoms with Gasteiger partial charge in [-0.1, -0.05) is 19.8 Å². The Balaban J connectivity index is 1.72. The molecule has 0 radical (unpaired) electrons. The molecule has 0 saturated heterocycles. The van der Waals surface area contributed by atoms with Crippen molar-refractivity contribution in [2.24, 2.45) is 11.6 Å². The number of hydrogen-bond acceptors (Lipinski definition) is 8. The number of hydrazine groups is 1. The fourth-order valence-electron chi connectivity index (χ4n) is 3.93. The van der Waals surface area contributed by atoms with Gasteiger partial charge in [0.05, 0.1) is 41.6 Å². The van der Waals surface area contributed by atoms with Crippen molar-refractivity contribution in [3.8, 4) is 5.75 Å². The van der Waals surface area contributed by atoms with E-state index in [9.17, 15) is 0 Å². The van der Waals surface area contributed by atoms with Gasteiger partial charge in [0.25, 0.3) is 0 Å². The Kier molecular flexibility index (Phi) is 8.67. The lowest BCUT2D eigenvalue weighted by molar-refractivity contribution is 0.153. The van der Waals surface area contributed by atoms with Crippen molar-refractivity contribution in [1.82, 2.24) is 20.2 Å². The molecule has 0 aromatic carbocycles. The van der Waals surface area contributed by atoms with Crippen LogP contribution in [0.2, 0.25) is 0 Å². The molecule has 8 heteroatoms. The van der Waals surface area contributed by atoms with E-state index in [-0.39, 0.29) is 6.10 Å². The second kappa shape index (κ2) is 11.7. The molecule has 0 bridgehead atoms. The number of nitrogens with zero attached hydrogens (tertiary/aromatic N) is 4. The molecular formula is C24H37N7O. The fourth-order valence-corrected chi connectivity index (χ4v) is 3.93. The van der Waals surface area contributed by atoms with Crippen LogP contribution < -0.4 is 21.6 Å².